The molecule has 6 heteroatoms. The number of carbonyl (C=O) groups excluding carboxylic acids is 1. The number of carbonyl (C=O) groups is 1. The Morgan fingerprint density at radius 1 is 1.35 bits per heavy atom. The van der Waals surface area contributed by atoms with Gasteiger partial charge < -0.3 is 10.6 Å². The number of aryl methyl sites for hydroxylation is 2. The number of amides is 1. The molecule has 0 aliphatic carbocycles. The average Bonchev–Trinajstić information content (AvgIpc) is 3.05. The maximum Gasteiger partial charge on any atom is 0.223 e. The van der Waals surface area contributed by atoms with Crippen molar-refractivity contribution in [2.75, 3.05) is 13.1 Å². The molecule has 3 heterocycles. The van der Waals surface area contributed by atoms with Crippen molar-refractivity contribution in [3.05, 3.63) is 23.0 Å². The minimum Gasteiger partial charge on any atom is -0.338 e. The molecule has 2 aromatic heterocycles. The van der Waals surface area contributed by atoms with Crippen LogP contribution >= 0.6 is 0 Å². The van der Waals surface area contributed by atoms with Crippen molar-refractivity contribution in [3.8, 4) is 0 Å². The van der Waals surface area contributed by atoms with Gasteiger partial charge in [-0.25, -0.2) is 9.67 Å². The molecule has 0 bridgehead atoms. The quantitative estimate of drug-likeness (QED) is 0.892. The van der Waals surface area contributed by atoms with E-state index in [1.165, 1.54) is 17.5 Å². The Kier molecular flexibility index (Phi) is 5.61. The van der Waals surface area contributed by atoms with Gasteiger partial charge in [0.1, 0.15) is 0 Å². The number of rotatable bonds is 5. The fourth-order valence-electron chi connectivity index (χ4n) is 4.09. The molecule has 1 aliphatic heterocycles. The number of fused-ring (bicyclic) bond motifs is 1. The van der Waals surface area contributed by atoms with E-state index in [-0.39, 0.29) is 18.0 Å². The van der Waals surface area contributed by atoms with E-state index >= 15 is 0 Å². The van der Waals surface area contributed by atoms with Crippen molar-refractivity contribution in [3.63, 3.8) is 0 Å². The summed E-state index contributed by atoms with van der Waals surface area (Å²) in [5.74, 6) is 0.219. The van der Waals surface area contributed by atoms with Crippen LogP contribution in [0.2, 0.25) is 0 Å². The van der Waals surface area contributed by atoms with Gasteiger partial charge in [-0.05, 0) is 64.5 Å². The van der Waals surface area contributed by atoms with E-state index in [0.29, 0.717) is 13.0 Å². The third kappa shape index (κ3) is 3.47. The van der Waals surface area contributed by atoms with Gasteiger partial charge in [0.2, 0.25) is 5.91 Å². The van der Waals surface area contributed by atoms with Gasteiger partial charge >= 0.3 is 0 Å². The molecule has 142 valence electrons. The Hall–Kier alpha value is -1.95. The minimum absolute atomic E-state index is 0.211. The van der Waals surface area contributed by atoms with Crippen LogP contribution in [0.25, 0.3) is 11.0 Å². The van der Waals surface area contributed by atoms with Crippen LogP contribution in [-0.2, 0) is 11.2 Å². The molecule has 1 aliphatic rings. The number of hydrogen-bond donors (Lipinski definition) is 1. The van der Waals surface area contributed by atoms with Gasteiger partial charge in [0.05, 0.1) is 6.20 Å². The smallest absolute Gasteiger partial charge is 0.223 e. The number of nitrogens with two attached hydrogens (primary N) is 1. The number of likely N-dealkylation sites (tertiary alicyclic amines) is 1. The minimum atomic E-state index is 0.211. The molecule has 3 rings (SSSR count). The third-order valence-corrected chi connectivity index (χ3v) is 5.63. The lowest BCUT2D eigenvalue weighted by atomic mass is 9.98. The van der Waals surface area contributed by atoms with E-state index in [9.17, 15) is 4.79 Å². The van der Waals surface area contributed by atoms with Crippen molar-refractivity contribution in [2.45, 2.75) is 71.9 Å². The summed E-state index contributed by atoms with van der Waals surface area (Å²) in [7, 11) is 0. The second kappa shape index (κ2) is 7.74. The Morgan fingerprint density at radius 3 is 2.81 bits per heavy atom. The zero-order valence-corrected chi connectivity index (χ0v) is 16.5. The Bertz CT molecular complexity index is 795. The Labute approximate surface area is 155 Å². The molecule has 1 atom stereocenters. The van der Waals surface area contributed by atoms with E-state index in [2.05, 4.69) is 25.9 Å². The average molecular weight is 358 g/mol. The number of pyridine rings is 1. The molecule has 26 heavy (non-hydrogen) atoms. The van der Waals surface area contributed by atoms with E-state index in [0.717, 1.165) is 42.5 Å². The summed E-state index contributed by atoms with van der Waals surface area (Å²) >= 11 is 0. The van der Waals surface area contributed by atoms with Gasteiger partial charge in [0, 0.05) is 42.7 Å². The van der Waals surface area contributed by atoms with Crippen molar-refractivity contribution >= 4 is 16.9 Å². The summed E-state index contributed by atoms with van der Waals surface area (Å²) in [4.78, 5) is 19.5. The first-order chi connectivity index (χ1) is 12.4. The molecular weight excluding hydrogens is 326 g/mol. The van der Waals surface area contributed by atoms with Crippen molar-refractivity contribution in [1.29, 1.82) is 0 Å². The van der Waals surface area contributed by atoms with Crippen LogP contribution in [0.3, 0.4) is 0 Å². The van der Waals surface area contributed by atoms with Crippen LogP contribution in [0.15, 0.2) is 6.20 Å². The summed E-state index contributed by atoms with van der Waals surface area (Å²) in [6.45, 7) is 9.78. The van der Waals surface area contributed by atoms with Crippen LogP contribution in [-0.4, -0.2) is 44.7 Å². The summed E-state index contributed by atoms with van der Waals surface area (Å²) in [5.41, 5.74) is 10.2. The lowest BCUT2D eigenvalue weighted by Gasteiger charge is -2.35. The van der Waals surface area contributed by atoms with E-state index in [1.54, 1.807) is 0 Å². The molecule has 0 spiro atoms. The zero-order valence-electron chi connectivity index (χ0n) is 16.5. The van der Waals surface area contributed by atoms with Crippen LogP contribution in [0.1, 0.15) is 62.4 Å². The molecule has 0 unspecified atom stereocenters. The van der Waals surface area contributed by atoms with Crippen LogP contribution in [0, 0.1) is 13.8 Å². The molecular formula is C20H31N5O. The molecule has 0 saturated carbocycles. The maximum atomic E-state index is 12.8. The SMILES string of the molecule is Cc1nc2c(cnn2C(C)C)c(C)c1CCC(=O)N1CCCC[C@H]1CN. The number of aromatic nitrogens is 3. The van der Waals surface area contributed by atoms with Gasteiger partial charge in [-0.15, -0.1) is 0 Å². The van der Waals surface area contributed by atoms with Crippen molar-refractivity contribution in [2.24, 2.45) is 5.73 Å². The second-order valence-electron chi connectivity index (χ2n) is 7.69. The van der Waals surface area contributed by atoms with Crippen LogP contribution < -0.4 is 5.73 Å². The Balaban J connectivity index is 1.79. The Morgan fingerprint density at radius 2 is 2.12 bits per heavy atom. The standard InChI is InChI=1S/C20H31N5O/c1-13(2)25-20-18(12-22-25)14(3)17(15(4)23-20)8-9-19(26)24-10-6-5-7-16(24)11-21/h12-13,16H,5-11,21H2,1-4H3/t16-/m0/s1. The largest absolute Gasteiger partial charge is 0.338 e. The fraction of sp³-hybridized carbons (Fsp3) is 0.650. The molecule has 1 fully saturated rings. The predicted molar refractivity (Wildman–Crippen MR) is 104 cm³/mol. The highest BCUT2D eigenvalue weighted by molar-refractivity contribution is 5.81. The topological polar surface area (TPSA) is 77.0 Å². The monoisotopic (exact) mass is 357 g/mol. The zero-order chi connectivity index (χ0) is 18.8. The fourth-order valence-corrected chi connectivity index (χ4v) is 4.09. The van der Waals surface area contributed by atoms with Crippen molar-refractivity contribution in [1.82, 2.24) is 19.7 Å². The summed E-state index contributed by atoms with van der Waals surface area (Å²) in [6, 6.07) is 0.488. The highest BCUT2D eigenvalue weighted by atomic mass is 16.2. The highest BCUT2D eigenvalue weighted by Gasteiger charge is 2.25. The first-order valence-corrected chi connectivity index (χ1v) is 9.76. The highest BCUT2D eigenvalue weighted by Crippen LogP contribution is 2.26. The van der Waals surface area contributed by atoms with Gasteiger partial charge in [0.25, 0.3) is 0 Å². The van der Waals surface area contributed by atoms with Crippen LogP contribution in [0.5, 0.6) is 0 Å². The molecule has 2 aromatic rings. The lowest BCUT2D eigenvalue weighted by molar-refractivity contribution is -0.134. The lowest BCUT2D eigenvalue weighted by Crippen LogP contribution is -2.47. The molecule has 1 amide bonds. The summed E-state index contributed by atoms with van der Waals surface area (Å²) < 4.78 is 1.96. The van der Waals surface area contributed by atoms with Gasteiger partial charge in [-0.3, -0.25) is 4.79 Å². The number of nitrogens with zero attached hydrogens (tertiary/aromatic N) is 4. The molecule has 0 radical (unpaired) electrons. The predicted octanol–water partition coefficient (Wildman–Crippen LogP) is 2.90. The van der Waals surface area contributed by atoms with Crippen LogP contribution in [0.4, 0.5) is 0 Å². The van der Waals surface area contributed by atoms with Gasteiger partial charge in [-0.2, -0.15) is 5.10 Å². The molecule has 2 N–H and O–H groups in total. The summed E-state index contributed by atoms with van der Waals surface area (Å²) in [5, 5.41) is 5.58. The van der Waals surface area contributed by atoms with Gasteiger partial charge in [-0.1, -0.05) is 0 Å². The second-order valence-corrected chi connectivity index (χ2v) is 7.69. The maximum absolute atomic E-state index is 12.8. The van der Waals surface area contributed by atoms with E-state index < -0.39 is 0 Å². The number of hydrogen-bond acceptors (Lipinski definition) is 4. The molecule has 1 saturated heterocycles. The molecule has 6 nitrogen and oxygen atoms in total. The number of piperidine rings is 1. The normalized spacial score (nSPS) is 18.1. The van der Waals surface area contributed by atoms with Crippen molar-refractivity contribution < 1.29 is 4.79 Å². The third-order valence-electron chi connectivity index (χ3n) is 5.63. The van der Waals surface area contributed by atoms with Gasteiger partial charge in [0.15, 0.2) is 5.65 Å². The first kappa shape index (κ1) is 18.8. The van der Waals surface area contributed by atoms with E-state index in [4.69, 9.17) is 10.7 Å². The summed E-state index contributed by atoms with van der Waals surface area (Å²) in [6.07, 6.45) is 6.43. The molecule has 0 aromatic carbocycles. The first-order valence-electron chi connectivity index (χ1n) is 9.76. The van der Waals surface area contributed by atoms with E-state index in [1.807, 2.05) is 22.7 Å².